The van der Waals surface area contributed by atoms with Crippen LogP contribution < -0.4 is 10.6 Å². The molecule has 4 heteroatoms. The molecule has 0 aromatic heterocycles. The number of nitrogens with one attached hydrogen (secondary N) is 2. The van der Waals surface area contributed by atoms with Crippen LogP contribution in [0.3, 0.4) is 0 Å². The van der Waals surface area contributed by atoms with Crippen molar-refractivity contribution >= 4 is 24.0 Å². The van der Waals surface area contributed by atoms with E-state index in [0.29, 0.717) is 5.92 Å². The van der Waals surface area contributed by atoms with E-state index in [-0.39, 0.29) is 24.2 Å². The fourth-order valence-electron chi connectivity index (χ4n) is 2.43. The van der Waals surface area contributed by atoms with Crippen LogP contribution in [0.15, 0.2) is 24.3 Å². The van der Waals surface area contributed by atoms with E-state index in [1.165, 1.54) is 5.56 Å². The van der Waals surface area contributed by atoms with Crippen molar-refractivity contribution in [2.24, 2.45) is 5.92 Å². The predicted octanol–water partition coefficient (Wildman–Crippen LogP) is 3.17. The average molecular weight is 283 g/mol. The van der Waals surface area contributed by atoms with Gasteiger partial charge in [-0.1, -0.05) is 32.0 Å². The summed E-state index contributed by atoms with van der Waals surface area (Å²) in [5.74, 6) is 0.755. The lowest BCUT2D eigenvalue weighted by molar-refractivity contribution is -0.120. The smallest absolute Gasteiger partial charge is 0.227 e. The van der Waals surface area contributed by atoms with Crippen molar-refractivity contribution in [3.05, 3.63) is 29.8 Å². The van der Waals surface area contributed by atoms with Crippen LogP contribution in [0.5, 0.6) is 0 Å². The number of hydrogen-bond donors (Lipinski definition) is 2. The fraction of sp³-hybridized carbons (Fsp3) is 0.533. The van der Waals surface area contributed by atoms with E-state index in [0.717, 1.165) is 31.6 Å². The lowest BCUT2D eigenvalue weighted by Gasteiger charge is -2.23. The maximum absolute atomic E-state index is 12.2. The Balaban J connectivity index is 0.00000180. The summed E-state index contributed by atoms with van der Waals surface area (Å²) in [4.78, 5) is 12.2. The van der Waals surface area contributed by atoms with Crippen molar-refractivity contribution < 1.29 is 4.79 Å². The normalized spacial score (nSPS) is 15.9. The third-order valence-corrected chi connectivity index (χ3v) is 3.55. The number of anilines is 1. The Morgan fingerprint density at radius 1 is 1.26 bits per heavy atom. The fourth-order valence-corrected chi connectivity index (χ4v) is 2.43. The molecule has 1 aromatic rings. The van der Waals surface area contributed by atoms with Gasteiger partial charge in [0.25, 0.3) is 0 Å². The van der Waals surface area contributed by atoms with Gasteiger partial charge in [0.15, 0.2) is 0 Å². The average Bonchev–Trinajstić information content (AvgIpc) is 2.40. The van der Waals surface area contributed by atoms with Crippen LogP contribution in [0.1, 0.15) is 38.2 Å². The van der Waals surface area contributed by atoms with E-state index in [4.69, 9.17) is 0 Å². The lowest BCUT2D eigenvalue weighted by Crippen LogP contribution is -2.34. The summed E-state index contributed by atoms with van der Waals surface area (Å²) in [6.45, 7) is 6.19. The van der Waals surface area contributed by atoms with Gasteiger partial charge >= 0.3 is 0 Å². The van der Waals surface area contributed by atoms with Crippen LogP contribution in [0.25, 0.3) is 0 Å². The molecule has 3 nitrogen and oxygen atoms in total. The number of amides is 1. The quantitative estimate of drug-likeness (QED) is 0.894. The molecule has 0 aliphatic carbocycles. The molecule has 0 unspecified atom stereocenters. The molecule has 0 atom stereocenters. The first-order valence-corrected chi connectivity index (χ1v) is 6.79. The minimum atomic E-state index is 0. The lowest BCUT2D eigenvalue weighted by atomic mass is 9.96. The van der Waals surface area contributed by atoms with Crippen LogP contribution in [0.4, 0.5) is 5.69 Å². The van der Waals surface area contributed by atoms with Crippen LogP contribution in [-0.4, -0.2) is 19.0 Å². The summed E-state index contributed by atoms with van der Waals surface area (Å²) in [5.41, 5.74) is 2.18. The highest BCUT2D eigenvalue weighted by molar-refractivity contribution is 5.93. The second-order valence-corrected chi connectivity index (χ2v) is 5.26. The van der Waals surface area contributed by atoms with E-state index in [1.807, 2.05) is 18.2 Å². The Morgan fingerprint density at radius 2 is 1.89 bits per heavy atom. The molecular formula is C15H23ClN2O. The molecule has 0 bridgehead atoms. The summed E-state index contributed by atoms with van der Waals surface area (Å²) < 4.78 is 0. The molecule has 0 spiro atoms. The molecule has 1 heterocycles. The minimum absolute atomic E-state index is 0. The van der Waals surface area contributed by atoms with Gasteiger partial charge in [-0.3, -0.25) is 4.79 Å². The number of benzene rings is 1. The van der Waals surface area contributed by atoms with Gasteiger partial charge in [-0.15, -0.1) is 12.4 Å². The van der Waals surface area contributed by atoms with Gasteiger partial charge in [-0.2, -0.15) is 0 Å². The second-order valence-electron chi connectivity index (χ2n) is 5.26. The molecule has 1 aliphatic rings. The first-order chi connectivity index (χ1) is 8.68. The van der Waals surface area contributed by atoms with Crippen LogP contribution in [0.2, 0.25) is 0 Å². The van der Waals surface area contributed by atoms with Crippen molar-refractivity contribution in [3.63, 3.8) is 0 Å². The molecule has 0 radical (unpaired) electrons. The Labute approximate surface area is 121 Å². The summed E-state index contributed by atoms with van der Waals surface area (Å²) in [7, 11) is 0. The van der Waals surface area contributed by atoms with E-state index in [2.05, 4.69) is 30.5 Å². The summed E-state index contributed by atoms with van der Waals surface area (Å²) in [6, 6.07) is 8.08. The molecule has 1 aliphatic heterocycles. The third-order valence-electron chi connectivity index (χ3n) is 3.55. The molecule has 1 aromatic carbocycles. The van der Waals surface area contributed by atoms with Crippen molar-refractivity contribution in [2.75, 3.05) is 18.4 Å². The molecule has 1 saturated heterocycles. The molecule has 1 amide bonds. The number of para-hydroxylation sites is 1. The third kappa shape index (κ3) is 4.22. The molecule has 0 saturated carbocycles. The number of carbonyl (C=O) groups excluding carboxylic acids is 1. The van der Waals surface area contributed by atoms with E-state index in [9.17, 15) is 4.79 Å². The van der Waals surface area contributed by atoms with Gasteiger partial charge in [-0.25, -0.2) is 0 Å². The van der Waals surface area contributed by atoms with Gasteiger partial charge < -0.3 is 10.6 Å². The van der Waals surface area contributed by atoms with Gasteiger partial charge in [0.1, 0.15) is 0 Å². The SMILES string of the molecule is CC(C)c1ccccc1NC(=O)C1CCNCC1.Cl. The largest absolute Gasteiger partial charge is 0.326 e. The highest BCUT2D eigenvalue weighted by Gasteiger charge is 2.21. The van der Waals surface area contributed by atoms with Gasteiger partial charge in [0.05, 0.1) is 0 Å². The summed E-state index contributed by atoms with van der Waals surface area (Å²) in [5, 5.41) is 6.38. The number of halogens is 1. The van der Waals surface area contributed by atoms with Gasteiger partial charge in [-0.05, 0) is 43.5 Å². The molecule has 106 valence electrons. The Bertz CT molecular complexity index is 414. The van der Waals surface area contributed by atoms with Crippen LogP contribution in [0, 0.1) is 5.92 Å². The van der Waals surface area contributed by atoms with Crippen molar-refractivity contribution in [2.45, 2.75) is 32.6 Å². The Hall–Kier alpha value is -1.06. The molecule has 2 rings (SSSR count). The maximum Gasteiger partial charge on any atom is 0.227 e. The number of hydrogen-bond acceptors (Lipinski definition) is 2. The van der Waals surface area contributed by atoms with E-state index in [1.54, 1.807) is 0 Å². The zero-order chi connectivity index (χ0) is 13.0. The summed E-state index contributed by atoms with van der Waals surface area (Å²) in [6.07, 6.45) is 1.88. The van der Waals surface area contributed by atoms with Crippen LogP contribution >= 0.6 is 12.4 Å². The molecule has 2 N–H and O–H groups in total. The van der Waals surface area contributed by atoms with Crippen molar-refractivity contribution in [3.8, 4) is 0 Å². The van der Waals surface area contributed by atoms with Gasteiger partial charge in [0.2, 0.25) is 5.91 Å². The molecule has 19 heavy (non-hydrogen) atoms. The Kier molecular flexibility index (Phi) is 6.32. The highest BCUT2D eigenvalue weighted by Crippen LogP contribution is 2.25. The van der Waals surface area contributed by atoms with Crippen molar-refractivity contribution in [1.29, 1.82) is 0 Å². The zero-order valence-corrected chi connectivity index (χ0v) is 12.4. The topological polar surface area (TPSA) is 41.1 Å². The van der Waals surface area contributed by atoms with Gasteiger partial charge in [0, 0.05) is 11.6 Å². The highest BCUT2D eigenvalue weighted by atomic mass is 35.5. The Morgan fingerprint density at radius 3 is 2.53 bits per heavy atom. The monoisotopic (exact) mass is 282 g/mol. The number of rotatable bonds is 3. The second kappa shape index (κ2) is 7.51. The first-order valence-electron chi connectivity index (χ1n) is 6.79. The molecule has 1 fully saturated rings. The number of carbonyl (C=O) groups is 1. The standard InChI is InChI=1S/C15H22N2O.ClH/c1-11(2)13-5-3-4-6-14(13)17-15(18)12-7-9-16-10-8-12;/h3-6,11-12,16H,7-10H2,1-2H3,(H,17,18);1H. The minimum Gasteiger partial charge on any atom is -0.326 e. The van der Waals surface area contributed by atoms with Crippen LogP contribution in [-0.2, 0) is 4.79 Å². The zero-order valence-electron chi connectivity index (χ0n) is 11.6. The van der Waals surface area contributed by atoms with E-state index >= 15 is 0 Å². The van der Waals surface area contributed by atoms with Crippen molar-refractivity contribution in [1.82, 2.24) is 5.32 Å². The predicted molar refractivity (Wildman–Crippen MR) is 82.0 cm³/mol. The van der Waals surface area contributed by atoms with E-state index < -0.39 is 0 Å². The summed E-state index contributed by atoms with van der Waals surface area (Å²) >= 11 is 0. The molecular weight excluding hydrogens is 260 g/mol. The number of piperidine rings is 1. The first kappa shape index (κ1) is 16.0. The maximum atomic E-state index is 12.2.